The van der Waals surface area contributed by atoms with E-state index in [1.165, 1.54) is 295 Å². The molecule has 0 radical (unpaired) electrons. The summed E-state index contributed by atoms with van der Waals surface area (Å²) in [5, 5.41) is 23.1. The minimum Gasteiger partial charge on any atom is -0.466 e. The Morgan fingerprint density at radius 1 is 0.365 bits per heavy atom. The van der Waals surface area contributed by atoms with Gasteiger partial charge in [0.25, 0.3) is 0 Å². The number of carbonyl (C=O) groups is 2. The Bertz CT molecular complexity index is 1150. The monoisotopic (exact) mass is 1040 g/mol. The van der Waals surface area contributed by atoms with Crippen LogP contribution in [-0.4, -0.2) is 47.4 Å². The van der Waals surface area contributed by atoms with Crippen LogP contribution in [0.2, 0.25) is 0 Å². The summed E-state index contributed by atoms with van der Waals surface area (Å²) in [6.07, 6.45) is 79.5. The molecule has 0 saturated carbocycles. The highest BCUT2D eigenvalue weighted by atomic mass is 16.5. The van der Waals surface area contributed by atoms with Crippen LogP contribution in [0.15, 0.2) is 24.3 Å². The number of esters is 1. The van der Waals surface area contributed by atoms with Crippen LogP contribution in [0, 0.1) is 0 Å². The normalized spacial score (nSPS) is 12.6. The van der Waals surface area contributed by atoms with Gasteiger partial charge in [0.15, 0.2) is 0 Å². The van der Waals surface area contributed by atoms with Crippen molar-refractivity contribution in [3.8, 4) is 0 Å². The fraction of sp³-hybridized carbons (Fsp3) is 0.912. The molecule has 1 amide bonds. The Balaban J connectivity index is 3.32. The number of unbranched alkanes of at least 4 members (excludes halogenated alkanes) is 48. The molecule has 0 aliphatic carbocycles. The number of allylic oxidation sites excluding steroid dienone is 4. The Morgan fingerprint density at radius 2 is 0.635 bits per heavy atom. The van der Waals surface area contributed by atoms with Crippen molar-refractivity contribution >= 4 is 11.9 Å². The predicted molar refractivity (Wildman–Crippen MR) is 324 cm³/mol. The molecule has 0 aromatic carbocycles. The van der Waals surface area contributed by atoms with Gasteiger partial charge in [0.2, 0.25) is 5.91 Å². The molecule has 74 heavy (non-hydrogen) atoms. The third kappa shape index (κ3) is 59.6. The van der Waals surface area contributed by atoms with E-state index in [2.05, 4.69) is 43.5 Å². The molecule has 0 rings (SSSR count). The number of carbonyl (C=O) groups excluding carboxylic acids is 2. The molecule has 0 aliphatic heterocycles. The lowest BCUT2D eigenvalue weighted by Crippen LogP contribution is -2.45. The molecule has 2 unspecified atom stereocenters. The van der Waals surface area contributed by atoms with E-state index in [-0.39, 0.29) is 18.5 Å². The quantitative estimate of drug-likeness (QED) is 0.0320. The summed E-state index contributed by atoms with van der Waals surface area (Å²) in [5.74, 6) is -0.0199. The van der Waals surface area contributed by atoms with Crippen LogP contribution >= 0.6 is 0 Å². The summed E-state index contributed by atoms with van der Waals surface area (Å²) in [6.45, 7) is 4.95. The number of hydrogen-bond acceptors (Lipinski definition) is 5. The van der Waals surface area contributed by atoms with E-state index in [1.807, 2.05) is 0 Å². The van der Waals surface area contributed by atoms with Gasteiger partial charge in [-0.05, 0) is 77.0 Å². The van der Waals surface area contributed by atoms with Gasteiger partial charge in [0.05, 0.1) is 25.4 Å². The zero-order chi connectivity index (χ0) is 53.6. The number of nitrogens with one attached hydrogen (secondary N) is 1. The van der Waals surface area contributed by atoms with Gasteiger partial charge in [-0.15, -0.1) is 0 Å². The van der Waals surface area contributed by atoms with Gasteiger partial charge in [-0.25, -0.2) is 0 Å². The van der Waals surface area contributed by atoms with Crippen LogP contribution in [0.3, 0.4) is 0 Å². The highest BCUT2D eigenvalue weighted by Gasteiger charge is 2.20. The third-order valence-corrected chi connectivity index (χ3v) is 15.7. The highest BCUT2D eigenvalue weighted by molar-refractivity contribution is 5.76. The summed E-state index contributed by atoms with van der Waals surface area (Å²) < 4.78 is 5.50. The van der Waals surface area contributed by atoms with Gasteiger partial charge in [0, 0.05) is 12.8 Å². The Kier molecular flexibility index (Phi) is 62.4. The van der Waals surface area contributed by atoms with Crippen LogP contribution in [0.25, 0.3) is 0 Å². The maximum absolute atomic E-state index is 12.4. The highest BCUT2D eigenvalue weighted by Crippen LogP contribution is 2.18. The van der Waals surface area contributed by atoms with Crippen molar-refractivity contribution in [3.05, 3.63) is 24.3 Å². The number of amides is 1. The molecular formula is C68H131NO5. The van der Waals surface area contributed by atoms with E-state index in [9.17, 15) is 19.8 Å². The van der Waals surface area contributed by atoms with Crippen LogP contribution in [0.1, 0.15) is 373 Å². The van der Waals surface area contributed by atoms with Gasteiger partial charge in [-0.1, -0.05) is 308 Å². The first-order valence-corrected chi connectivity index (χ1v) is 33.6. The first-order valence-electron chi connectivity index (χ1n) is 33.6. The first kappa shape index (κ1) is 72.3. The smallest absolute Gasteiger partial charge is 0.305 e. The summed E-state index contributed by atoms with van der Waals surface area (Å²) in [4.78, 5) is 24.5. The lowest BCUT2D eigenvalue weighted by atomic mass is 10.0. The van der Waals surface area contributed by atoms with Gasteiger partial charge in [0.1, 0.15) is 0 Å². The molecular weight excluding hydrogens is 911 g/mol. The van der Waals surface area contributed by atoms with E-state index >= 15 is 0 Å². The van der Waals surface area contributed by atoms with Crippen LogP contribution in [0.5, 0.6) is 0 Å². The van der Waals surface area contributed by atoms with Crippen LogP contribution < -0.4 is 5.32 Å². The van der Waals surface area contributed by atoms with Crippen molar-refractivity contribution in [3.63, 3.8) is 0 Å². The van der Waals surface area contributed by atoms with Crippen molar-refractivity contribution in [2.24, 2.45) is 0 Å². The molecule has 0 heterocycles. The molecule has 0 spiro atoms. The molecule has 6 heteroatoms. The maximum Gasteiger partial charge on any atom is 0.305 e. The maximum atomic E-state index is 12.4. The number of ether oxygens (including phenoxy) is 1. The van der Waals surface area contributed by atoms with Crippen molar-refractivity contribution < 1.29 is 24.5 Å². The Morgan fingerprint density at radius 3 is 0.959 bits per heavy atom. The van der Waals surface area contributed by atoms with Crippen LogP contribution in [0.4, 0.5) is 0 Å². The second-order valence-corrected chi connectivity index (χ2v) is 23.1. The molecule has 0 aliphatic rings. The van der Waals surface area contributed by atoms with Gasteiger partial charge >= 0.3 is 5.97 Å². The Hall–Kier alpha value is -1.66. The summed E-state index contributed by atoms with van der Waals surface area (Å²) >= 11 is 0. The summed E-state index contributed by atoms with van der Waals surface area (Å²) in [6, 6.07) is -0.538. The number of hydrogen-bond donors (Lipinski definition) is 3. The topological polar surface area (TPSA) is 95.9 Å². The number of aliphatic hydroxyl groups excluding tert-OH is 2. The zero-order valence-electron chi connectivity index (χ0n) is 50.1. The SMILES string of the molecule is CCCCCCCCC/C=C\CCCCCCCCCC(=O)OCCCCCCCCCCCCCC/C=C\CCCCCCCCCCCCCCCCC(=O)NC(CO)C(O)CCCCCCCCCCC. The number of rotatable bonds is 63. The zero-order valence-corrected chi connectivity index (χ0v) is 50.1. The van der Waals surface area contributed by atoms with Crippen molar-refractivity contribution in [2.75, 3.05) is 13.2 Å². The summed E-state index contributed by atoms with van der Waals surface area (Å²) in [7, 11) is 0. The first-order chi connectivity index (χ1) is 36.5. The molecule has 438 valence electrons. The molecule has 0 bridgehead atoms. The van der Waals surface area contributed by atoms with Crippen molar-refractivity contribution in [1.29, 1.82) is 0 Å². The fourth-order valence-electron chi connectivity index (χ4n) is 10.6. The molecule has 6 nitrogen and oxygen atoms in total. The van der Waals surface area contributed by atoms with Crippen molar-refractivity contribution in [2.45, 2.75) is 386 Å². The largest absolute Gasteiger partial charge is 0.466 e. The second kappa shape index (κ2) is 63.9. The molecule has 0 fully saturated rings. The third-order valence-electron chi connectivity index (χ3n) is 15.7. The van der Waals surface area contributed by atoms with E-state index in [1.54, 1.807) is 0 Å². The minimum atomic E-state index is -0.660. The van der Waals surface area contributed by atoms with E-state index in [0.717, 1.165) is 44.9 Å². The lowest BCUT2D eigenvalue weighted by Gasteiger charge is -2.22. The van der Waals surface area contributed by atoms with Gasteiger partial charge < -0.3 is 20.3 Å². The molecule has 0 saturated heterocycles. The molecule has 0 aromatic rings. The van der Waals surface area contributed by atoms with E-state index in [0.29, 0.717) is 25.9 Å². The number of aliphatic hydroxyl groups is 2. The van der Waals surface area contributed by atoms with E-state index in [4.69, 9.17) is 4.74 Å². The predicted octanol–water partition coefficient (Wildman–Crippen LogP) is 21.4. The van der Waals surface area contributed by atoms with Gasteiger partial charge in [-0.3, -0.25) is 9.59 Å². The molecule has 0 aromatic heterocycles. The van der Waals surface area contributed by atoms with Crippen LogP contribution in [-0.2, 0) is 14.3 Å². The average Bonchev–Trinajstić information content (AvgIpc) is 3.40. The molecule has 2 atom stereocenters. The lowest BCUT2D eigenvalue weighted by molar-refractivity contribution is -0.143. The summed E-state index contributed by atoms with van der Waals surface area (Å²) in [5.41, 5.74) is 0. The second-order valence-electron chi connectivity index (χ2n) is 23.1. The average molecular weight is 1040 g/mol. The Labute approximate surface area is 462 Å². The molecule has 3 N–H and O–H groups in total. The fourth-order valence-corrected chi connectivity index (χ4v) is 10.6. The van der Waals surface area contributed by atoms with Crippen molar-refractivity contribution in [1.82, 2.24) is 5.32 Å². The standard InChI is InChI=1S/C68H131NO5/c1-3-5-7-9-11-13-14-15-16-17-33-36-39-42-46-50-54-58-62-68(73)74-63-59-55-51-47-43-40-37-34-31-29-27-25-23-21-19-18-20-22-24-26-28-30-32-35-38-41-45-49-53-57-61-67(72)69-65(64-70)66(71)60-56-52-48-44-12-10-8-6-4-2/h16-17,19,21,65-66,70-71H,3-15,18,20,22-64H2,1-2H3,(H,69,72)/b17-16-,21-19-. The minimum absolute atomic E-state index is 0.0146. The van der Waals surface area contributed by atoms with Gasteiger partial charge in [-0.2, -0.15) is 0 Å². The van der Waals surface area contributed by atoms with E-state index < -0.39 is 12.1 Å².